The van der Waals surface area contributed by atoms with Gasteiger partial charge in [0, 0.05) is 24.3 Å². The Kier molecular flexibility index (Phi) is 7.02. The first-order valence-corrected chi connectivity index (χ1v) is 11.8. The number of nitrogens with one attached hydrogen (secondary N) is 1. The van der Waals surface area contributed by atoms with Gasteiger partial charge in [0.2, 0.25) is 0 Å². The van der Waals surface area contributed by atoms with Gasteiger partial charge < -0.3 is 9.64 Å². The number of carbonyl (C=O) groups excluding carboxylic acids is 1. The highest BCUT2D eigenvalue weighted by molar-refractivity contribution is 7.92. The number of nitrogens with zero attached hydrogens (tertiary/aromatic N) is 1. The number of anilines is 1. The van der Waals surface area contributed by atoms with E-state index in [4.69, 9.17) is 4.74 Å². The molecule has 7 heteroatoms. The van der Waals surface area contributed by atoms with Crippen molar-refractivity contribution in [2.24, 2.45) is 0 Å². The Balaban J connectivity index is 1.83. The van der Waals surface area contributed by atoms with Gasteiger partial charge in [0.15, 0.2) is 0 Å². The van der Waals surface area contributed by atoms with E-state index in [0.717, 1.165) is 31.2 Å². The van der Waals surface area contributed by atoms with Crippen molar-refractivity contribution in [2.75, 3.05) is 18.9 Å². The zero-order valence-electron chi connectivity index (χ0n) is 17.8. The van der Waals surface area contributed by atoms with Gasteiger partial charge in [0.1, 0.15) is 5.75 Å². The average molecular weight is 431 g/mol. The quantitative estimate of drug-likeness (QED) is 0.680. The molecule has 6 nitrogen and oxygen atoms in total. The summed E-state index contributed by atoms with van der Waals surface area (Å²) in [5.74, 6) is 0.517. The molecule has 3 rings (SSSR count). The molecule has 162 valence electrons. The van der Waals surface area contributed by atoms with Gasteiger partial charge in [-0.25, -0.2) is 8.42 Å². The summed E-state index contributed by atoms with van der Waals surface area (Å²) in [5, 5.41) is 0. The van der Waals surface area contributed by atoms with Gasteiger partial charge in [-0.2, -0.15) is 0 Å². The average Bonchev–Trinajstić information content (AvgIpc) is 3.03. The van der Waals surface area contributed by atoms with E-state index in [9.17, 15) is 13.2 Å². The van der Waals surface area contributed by atoms with Crippen LogP contribution in [0, 0.1) is 6.92 Å². The van der Waals surface area contributed by atoms with Crippen LogP contribution >= 0.6 is 0 Å². The molecule has 0 saturated heterocycles. The second-order valence-corrected chi connectivity index (χ2v) is 9.55. The van der Waals surface area contributed by atoms with Crippen molar-refractivity contribution in [1.82, 2.24) is 4.90 Å². The van der Waals surface area contributed by atoms with Crippen LogP contribution in [-0.4, -0.2) is 39.4 Å². The van der Waals surface area contributed by atoms with Crippen LogP contribution in [0.25, 0.3) is 0 Å². The molecule has 0 unspecified atom stereocenters. The van der Waals surface area contributed by atoms with Crippen LogP contribution < -0.4 is 9.46 Å². The van der Waals surface area contributed by atoms with Crippen molar-refractivity contribution >= 4 is 21.6 Å². The lowest BCUT2D eigenvalue weighted by molar-refractivity contribution is 0.0716. The number of benzene rings is 2. The van der Waals surface area contributed by atoms with Crippen molar-refractivity contribution in [3.63, 3.8) is 0 Å². The van der Waals surface area contributed by atoms with E-state index in [0.29, 0.717) is 17.0 Å². The minimum atomic E-state index is -3.82. The number of hydrogen-bond acceptors (Lipinski definition) is 4. The van der Waals surface area contributed by atoms with Gasteiger partial charge in [0.25, 0.3) is 15.9 Å². The number of ether oxygens (including phenoxy) is 1. The number of hydrogen-bond donors (Lipinski definition) is 1. The van der Waals surface area contributed by atoms with Crippen LogP contribution in [-0.2, 0) is 10.0 Å². The van der Waals surface area contributed by atoms with E-state index in [1.807, 2.05) is 14.0 Å². The Morgan fingerprint density at radius 2 is 1.67 bits per heavy atom. The Hall–Kier alpha value is -2.54. The molecular formula is C23H30N2O4S. The fraction of sp³-hybridized carbons (Fsp3) is 0.435. The largest absolute Gasteiger partial charge is 0.497 e. The van der Waals surface area contributed by atoms with Crippen molar-refractivity contribution < 1.29 is 17.9 Å². The van der Waals surface area contributed by atoms with Crippen molar-refractivity contribution in [2.45, 2.75) is 56.4 Å². The third kappa shape index (κ3) is 5.14. The summed E-state index contributed by atoms with van der Waals surface area (Å²) in [6.45, 7) is 1.83. The maximum atomic E-state index is 13.2. The number of rotatable bonds is 6. The van der Waals surface area contributed by atoms with E-state index in [2.05, 4.69) is 4.72 Å². The lowest BCUT2D eigenvalue weighted by Gasteiger charge is -2.28. The maximum Gasteiger partial charge on any atom is 0.261 e. The summed E-state index contributed by atoms with van der Waals surface area (Å²) in [4.78, 5) is 15.0. The van der Waals surface area contributed by atoms with Gasteiger partial charge >= 0.3 is 0 Å². The molecule has 30 heavy (non-hydrogen) atoms. The minimum Gasteiger partial charge on any atom is -0.497 e. The molecule has 0 aliphatic heterocycles. The molecule has 0 bridgehead atoms. The minimum absolute atomic E-state index is 0.0709. The van der Waals surface area contributed by atoms with Crippen LogP contribution in [0.2, 0.25) is 0 Å². The van der Waals surface area contributed by atoms with Gasteiger partial charge in [0.05, 0.1) is 12.0 Å². The Bertz CT molecular complexity index is 979. The maximum absolute atomic E-state index is 13.2. The number of sulfonamides is 1. The Morgan fingerprint density at radius 3 is 2.27 bits per heavy atom. The first-order chi connectivity index (χ1) is 14.3. The zero-order valence-corrected chi connectivity index (χ0v) is 18.7. The monoisotopic (exact) mass is 430 g/mol. The molecule has 2 aromatic carbocycles. The zero-order chi connectivity index (χ0) is 21.7. The molecule has 1 fully saturated rings. The summed E-state index contributed by atoms with van der Waals surface area (Å²) in [5.41, 5.74) is 1.63. The molecule has 1 aliphatic rings. The highest BCUT2D eigenvalue weighted by atomic mass is 32.2. The molecule has 0 aromatic heterocycles. The molecule has 1 N–H and O–H groups in total. The SMILES string of the molecule is COc1ccc(NS(=O)(=O)c2ccc(C)c(C(=O)N(C)C3CCCCCC3)c2)cc1. The molecule has 1 amide bonds. The number of carbonyl (C=O) groups is 1. The van der Waals surface area contributed by atoms with Crippen LogP contribution in [0.5, 0.6) is 5.75 Å². The predicted octanol–water partition coefficient (Wildman–Crippen LogP) is 4.60. The molecule has 2 aromatic rings. The fourth-order valence-electron chi connectivity index (χ4n) is 3.87. The molecule has 0 radical (unpaired) electrons. The first-order valence-electron chi connectivity index (χ1n) is 10.4. The van der Waals surface area contributed by atoms with E-state index < -0.39 is 10.0 Å². The highest BCUT2D eigenvalue weighted by Gasteiger charge is 2.25. The van der Waals surface area contributed by atoms with E-state index in [1.165, 1.54) is 25.0 Å². The smallest absolute Gasteiger partial charge is 0.261 e. The van der Waals surface area contributed by atoms with Gasteiger partial charge in [-0.3, -0.25) is 9.52 Å². The molecule has 0 spiro atoms. The summed E-state index contributed by atoms with van der Waals surface area (Å²) in [6.07, 6.45) is 6.67. The van der Waals surface area contributed by atoms with E-state index in [-0.39, 0.29) is 16.8 Å². The Labute approximate surface area is 179 Å². The fourth-order valence-corrected chi connectivity index (χ4v) is 4.96. The van der Waals surface area contributed by atoms with Crippen molar-refractivity contribution in [3.05, 3.63) is 53.6 Å². The third-order valence-corrected chi connectivity index (χ3v) is 7.16. The van der Waals surface area contributed by atoms with Gasteiger partial charge in [-0.15, -0.1) is 0 Å². The van der Waals surface area contributed by atoms with Crippen LogP contribution in [0.1, 0.15) is 54.4 Å². The van der Waals surface area contributed by atoms with E-state index >= 15 is 0 Å². The molecule has 1 aliphatic carbocycles. The summed E-state index contributed by atoms with van der Waals surface area (Å²) < 4.78 is 33.4. The second kappa shape index (κ2) is 9.51. The number of amides is 1. The topological polar surface area (TPSA) is 75.7 Å². The van der Waals surface area contributed by atoms with E-state index in [1.54, 1.807) is 42.3 Å². The van der Waals surface area contributed by atoms with Crippen molar-refractivity contribution in [1.29, 1.82) is 0 Å². The first kappa shape index (κ1) is 22.2. The third-order valence-electron chi connectivity index (χ3n) is 5.78. The number of aryl methyl sites for hydroxylation is 1. The summed E-state index contributed by atoms with van der Waals surface area (Å²) in [6, 6.07) is 11.6. The summed E-state index contributed by atoms with van der Waals surface area (Å²) in [7, 11) is -0.444. The van der Waals surface area contributed by atoms with Gasteiger partial charge in [-0.1, -0.05) is 31.7 Å². The highest BCUT2D eigenvalue weighted by Crippen LogP contribution is 2.25. The standard InChI is InChI=1S/C23H30N2O4S/c1-17-10-15-21(30(27,28)24-18-11-13-20(29-3)14-12-18)16-22(17)23(26)25(2)19-8-6-4-5-7-9-19/h10-16,19,24H,4-9H2,1-3H3. The molecule has 0 atom stereocenters. The van der Waals surface area contributed by atoms with Crippen LogP contribution in [0.3, 0.4) is 0 Å². The normalized spacial score (nSPS) is 15.3. The Morgan fingerprint density at radius 1 is 1.03 bits per heavy atom. The molecular weight excluding hydrogens is 400 g/mol. The molecule has 1 saturated carbocycles. The lowest BCUT2D eigenvalue weighted by Crippen LogP contribution is -2.37. The lowest BCUT2D eigenvalue weighted by atomic mass is 10.0. The number of methoxy groups -OCH3 is 1. The summed E-state index contributed by atoms with van der Waals surface area (Å²) >= 11 is 0. The van der Waals surface area contributed by atoms with Crippen LogP contribution in [0.15, 0.2) is 47.4 Å². The molecule has 0 heterocycles. The van der Waals surface area contributed by atoms with Crippen LogP contribution in [0.4, 0.5) is 5.69 Å². The van der Waals surface area contributed by atoms with Gasteiger partial charge in [-0.05, 0) is 61.7 Å². The second-order valence-electron chi connectivity index (χ2n) is 7.87. The predicted molar refractivity (Wildman–Crippen MR) is 119 cm³/mol. The van der Waals surface area contributed by atoms with Crippen molar-refractivity contribution in [3.8, 4) is 5.75 Å².